The third kappa shape index (κ3) is 6.06. The van der Waals surface area contributed by atoms with Crippen molar-refractivity contribution in [3.05, 3.63) is 41.1 Å². The van der Waals surface area contributed by atoms with Crippen LogP contribution in [-0.2, 0) is 4.79 Å². The average molecular weight is 361 g/mol. The first-order valence-corrected chi connectivity index (χ1v) is 8.59. The molecule has 0 heterocycles. The summed E-state index contributed by atoms with van der Waals surface area (Å²) in [4.78, 5) is 13.6. The van der Waals surface area contributed by atoms with E-state index in [4.69, 9.17) is 14.9 Å². The number of nitrogens with zero attached hydrogens (tertiary/aromatic N) is 2. The standard InChI is InChI=1S/C19H27N3O4/c1-4-26-18-6-5-14(2)11-17(18)15(3)21-13-16(12-20)19(25)22(7-9-23)8-10-24/h5-6,11,13,15,21,23-24H,4,7-10H2,1-3H3/b16-13-. The van der Waals surface area contributed by atoms with Crippen LogP contribution in [0, 0.1) is 18.3 Å². The van der Waals surface area contributed by atoms with Crippen molar-refractivity contribution in [2.75, 3.05) is 32.9 Å². The number of hydrogen-bond acceptors (Lipinski definition) is 6. The zero-order valence-electron chi connectivity index (χ0n) is 15.5. The summed E-state index contributed by atoms with van der Waals surface area (Å²) in [7, 11) is 0. The molecule has 7 nitrogen and oxygen atoms in total. The number of aryl methyl sites for hydroxylation is 1. The summed E-state index contributed by atoms with van der Waals surface area (Å²) < 4.78 is 5.64. The van der Waals surface area contributed by atoms with Crippen molar-refractivity contribution in [1.82, 2.24) is 10.2 Å². The number of aliphatic hydroxyl groups excluding tert-OH is 2. The lowest BCUT2D eigenvalue weighted by Crippen LogP contribution is -2.37. The zero-order valence-corrected chi connectivity index (χ0v) is 15.5. The first-order valence-electron chi connectivity index (χ1n) is 8.59. The molecule has 0 aliphatic rings. The monoisotopic (exact) mass is 361 g/mol. The molecule has 1 rings (SSSR count). The second-order valence-electron chi connectivity index (χ2n) is 5.77. The van der Waals surface area contributed by atoms with Gasteiger partial charge in [0, 0.05) is 24.9 Å². The molecule has 0 aliphatic carbocycles. The number of carbonyl (C=O) groups is 1. The van der Waals surface area contributed by atoms with Crippen molar-refractivity contribution in [2.24, 2.45) is 0 Å². The third-order valence-electron chi connectivity index (χ3n) is 3.79. The summed E-state index contributed by atoms with van der Waals surface area (Å²) >= 11 is 0. The first-order chi connectivity index (χ1) is 12.5. The second kappa shape index (κ2) is 11.1. The molecule has 0 spiro atoms. The SMILES string of the molecule is CCOc1ccc(C)cc1C(C)N/C=C(/C#N)C(=O)N(CCO)CCO. The van der Waals surface area contributed by atoms with Crippen LogP contribution < -0.4 is 10.1 Å². The Labute approximate surface area is 154 Å². The van der Waals surface area contributed by atoms with Gasteiger partial charge >= 0.3 is 0 Å². The third-order valence-corrected chi connectivity index (χ3v) is 3.79. The molecule has 1 amide bonds. The molecule has 0 aliphatic heterocycles. The Morgan fingerprint density at radius 2 is 2.04 bits per heavy atom. The number of benzene rings is 1. The molecule has 1 aromatic rings. The van der Waals surface area contributed by atoms with Gasteiger partial charge < -0.3 is 25.2 Å². The molecule has 142 valence electrons. The molecule has 1 unspecified atom stereocenters. The smallest absolute Gasteiger partial charge is 0.266 e. The molecule has 1 aromatic carbocycles. The van der Waals surface area contributed by atoms with Gasteiger partial charge in [-0.3, -0.25) is 4.79 Å². The van der Waals surface area contributed by atoms with Gasteiger partial charge in [-0.15, -0.1) is 0 Å². The van der Waals surface area contributed by atoms with Gasteiger partial charge in [0.25, 0.3) is 5.91 Å². The van der Waals surface area contributed by atoms with Crippen molar-refractivity contribution in [3.8, 4) is 11.8 Å². The Kier molecular flexibility index (Phi) is 9.20. The molecule has 3 N–H and O–H groups in total. The van der Waals surface area contributed by atoms with Gasteiger partial charge in [-0.1, -0.05) is 17.7 Å². The van der Waals surface area contributed by atoms with Crippen LogP contribution in [0.25, 0.3) is 0 Å². The Balaban J connectivity index is 2.97. The molecule has 1 atom stereocenters. The van der Waals surface area contributed by atoms with Crippen molar-refractivity contribution in [3.63, 3.8) is 0 Å². The second-order valence-corrected chi connectivity index (χ2v) is 5.77. The van der Waals surface area contributed by atoms with Gasteiger partial charge in [-0.25, -0.2) is 0 Å². The van der Waals surface area contributed by atoms with Crippen LogP contribution in [0.1, 0.15) is 31.0 Å². The van der Waals surface area contributed by atoms with Crippen molar-refractivity contribution < 1.29 is 19.7 Å². The molecule has 0 radical (unpaired) electrons. The quantitative estimate of drug-likeness (QED) is 0.428. The largest absolute Gasteiger partial charge is 0.494 e. The molecule has 0 fully saturated rings. The highest BCUT2D eigenvalue weighted by Crippen LogP contribution is 2.26. The number of rotatable bonds is 10. The zero-order chi connectivity index (χ0) is 19.5. The Bertz CT molecular complexity index is 661. The number of amides is 1. The maximum absolute atomic E-state index is 12.4. The van der Waals surface area contributed by atoms with Crippen LogP contribution in [0.4, 0.5) is 0 Å². The predicted molar refractivity (Wildman–Crippen MR) is 98.3 cm³/mol. The molecular weight excluding hydrogens is 334 g/mol. The predicted octanol–water partition coefficient (Wildman–Crippen LogP) is 1.26. The van der Waals surface area contributed by atoms with Gasteiger partial charge in [0.05, 0.1) is 25.9 Å². The van der Waals surface area contributed by atoms with E-state index in [1.807, 2.05) is 45.0 Å². The minimum atomic E-state index is -0.537. The molecule has 0 saturated heterocycles. The normalized spacial score (nSPS) is 12.2. The molecule has 26 heavy (non-hydrogen) atoms. The van der Waals surface area contributed by atoms with E-state index in [2.05, 4.69) is 5.32 Å². The minimum absolute atomic E-state index is 0.0559. The summed E-state index contributed by atoms with van der Waals surface area (Å²) in [6.07, 6.45) is 1.37. The Morgan fingerprint density at radius 3 is 2.58 bits per heavy atom. The summed E-state index contributed by atoms with van der Waals surface area (Å²) in [6, 6.07) is 7.54. The molecule has 7 heteroatoms. The van der Waals surface area contributed by atoms with Crippen molar-refractivity contribution in [2.45, 2.75) is 26.8 Å². The van der Waals surface area contributed by atoms with E-state index in [9.17, 15) is 10.1 Å². The Morgan fingerprint density at radius 1 is 1.38 bits per heavy atom. The van der Waals surface area contributed by atoms with E-state index in [-0.39, 0.29) is 37.9 Å². The molecule has 0 aromatic heterocycles. The number of aliphatic hydroxyl groups is 2. The fourth-order valence-corrected chi connectivity index (χ4v) is 2.46. The van der Waals surface area contributed by atoms with Crippen LogP contribution >= 0.6 is 0 Å². The van der Waals surface area contributed by atoms with Crippen LogP contribution in [0.15, 0.2) is 30.0 Å². The summed E-state index contributed by atoms with van der Waals surface area (Å²) in [5.74, 6) is 0.211. The van der Waals surface area contributed by atoms with Crippen LogP contribution in [0.3, 0.4) is 0 Å². The summed E-state index contributed by atoms with van der Waals surface area (Å²) in [5.41, 5.74) is 1.91. The Hall–Kier alpha value is -2.56. The van der Waals surface area contributed by atoms with Crippen LogP contribution in [-0.4, -0.2) is 53.9 Å². The highest BCUT2D eigenvalue weighted by molar-refractivity contribution is 5.97. The fraction of sp³-hybridized carbons (Fsp3) is 0.474. The molecular formula is C19H27N3O4. The van der Waals surface area contributed by atoms with Crippen molar-refractivity contribution >= 4 is 5.91 Å². The summed E-state index contributed by atoms with van der Waals surface area (Å²) in [5, 5.41) is 30.4. The van der Waals surface area contributed by atoms with E-state index in [0.29, 0.717) is 6.61 Å². The minimum Gasteiger partial charge on any atom is -0.494 e. The van der Waals surface area contributed by atoms with Crippen LogP contribution in [0.2, 0.25) is 0 Å². The van der Waals surface area contributed by atoms with Gasteiger partial charge in [0.2, 0.25) is 0 Å². The number of nitrogens with one attached hydrogen (secondary N) is 1. The number of carbonyl (C=O) groups excluding carboxylic acids is 1. The highest BCUT2D eigenvalue weighted by Gasteiger charge is 2.18. The number of nitriles is 1. The fourth-order valence-electron chi connectivity index (χ4n) is 2.46. The number of ether oxygens (including phenoxy) is 1. The van der Waals surface area contributed by atoms with E-state index < -0.39 is 5.91 Å². The average Bonchev–Trinajstić information content (AvgIpc) is 2.63. The highest BCUT2D eigenvalue weighted by atomic mass is 16.5. The summed E-state index contributed by atoms with van der Waals surface area (Å²) in [6.45, 7) is 5.97. The first kappa shape index (κ1) is 21.5. The van der Waals surface area contributed by atoms with E-state index in [1.165, 1.54) is 11.1 Å². The number of hydrogen-bond donors (Lipinski definition) is 3. The lowest BCUT2D eigenvalue weighted by Gasteiger charge is -2.21. The van der Waals surface area contributed by atoms with Gasteiger partial charge in [0.15, 0.2) is 0 Å². The molecule has 0 bridgehead atoms. The van der Waals surface area contributed by atoms with Gasteiger partial charge in [0.1, 0.15) is 17.4 Å². The van der Waals surface area contributed by atoms with Crippen LogP contribution in [0.5, 0.6) is 5.75 Å². The van der Waals surface area contributed by atoms with Gasteiger partial charge in [-0.05, 0) is 26.8 Å². The van der Waals surface area contributed by atoms with E-state index in [0.717, 1.165) is 16.9 Å². The maximum atomic E-state index is 12.4. The van der Waals surface area contributed by atoms with Gasteiger partial charge in [-0.2, -0.15) is 5.26 Å². The van der Waals surface area contributed by atoms with Crippen molar-refractivity contribution in [1.29, 1.82) is 5.26 Å². The molecule has 0 saturated carbocycles. The van der Waals surface area contributed by atoms with E-state index in [1.54, 1.807) is 0 Å². The van der Waals surface area contributed by atoms with E-state index >= 15 is 0 Å². The maximum Gasteiger partial charge on any atom is 0.266 e. The lowest BCUT2D eigenvalue weighted by atomic mass is 10.0. The topological polar surface area (TPSA) is 106 Å². The lowest BCUT2D eigenvalue weighted by molar-refractivity contribution is -0.127.